The Balaban J connectivity index is 1.64. The van der Waals surface area contributed by atoms with Crippen LogP contribution in [0, 0.1) is 0 Å². The minimum absolute atomic E-state index is 0.189. The Morgan fingerprint density at radius 3 is 2.56 bits per heavy atom. The Morgan fingerprint density at radius 1 is 1.12 bits per heavy atom. The van der Waals surface area contributed by atoms with Crippen LogP contribution in [0.25, 0.3) is 11.4 Å². The SMILES string of the molecule is CNCC(O)COc1cc(OC)cc(-c2nc(C3CC3)cc(N(C)C3CCOCC3)n2)c1. The summed E-state index contributed by atoms with van der Waals surface area (Å²) >= 11 is 0. The van der Waals surface area contributed by atoms with Crippen LogP contribution in [0.15, 0.2) is 24.3 Å². The first kappa shape index (κ1) is 22.8. The fourth-order valence-corrected chi connectivity index (χ4v) is 4.00. The van der Waals surface area contributed by atoms with Crippen molar-refractivity contribution in [2.24, 2.45) is 0 Å². The molecule has 1 aliphatic heterocycles. The maximum absolute atomic E-state index is 9.99. The van der Waals surface area contributed by atoms with Crippen LogP contribution in [-0.4, -0.2) is 74.8 Å². The molecule has 8 nitrogen and oxygen atoms in total. The maximum atomic E-state index is 9.99. The third kappa shape index (κ3) is 5.68. The summed E-state index contributed by atoms with van der Waals surface area (Å²) in [4.78, 5) is 12.1. The van der Waals surface area contributed by atoms with Gasteiger partial charge >= 0.3 is 0 Å². The van der Waals surface area contributed by atoms with Crippen LogP contribution in [0.5, 0.6) is 11.5 Å². The first-order valence-corrected chi connectivity index (χ1v) is 11.4. The molecule has 0 amide bonds. The highest BCUT2D eigenvalue weighted by Crippen LogP contribution is 2.41. The van der Waals surface area contributed by atoms with Crippen molar-refractivity contribution in [2.75, 3.05) is 52.5 Å². The molecule has 1 unspecified atom stereocenters. The van der Waals surface area contributed by atoms with E-state index in [1.807, 2.05) is 18.2 Å². The molecule has 1 saturated carbocycles. The van der Waals surface area contributed by atoms with E-state index in [1.165, 1.54) is 12.8 Å². The number of nitrogens with one attached hydrogen (secondary N) is 1. The number of likely N-dealkylation sites (N-methyl/N-ethyl adjacent to an activating group) is 1. The van der Waals surface area contributed by atoms with Crippen LogP contribution in [0.1, 0.15) is 37.3 Å². The van der Waals surface area contributed by atoms with E-state index in [4.69, 9.17) is 24.2 Å². The van der Waals surface area contributed by atoms with E-state index >= 15 is 0 Å². The third-order valence-electron chi connectivity index (χ3n) is 6.08. The van der Waals surface area contributed by atoms with Crippen molar-refractivity contribution in [1.82, 2.24) is 15.3 Å². The number of hydrogen-bond donors (Lipinski definition) is 2. The van der Waals surface area contributed by atoms with E-state index in [1.54, 1.807) is 14.2 Å². The summed E-state index contributed by atoms with van der Waals surface area (Å²) in [7, 11) is 5.54. The van der Waals surface area contributed by atoms with Gasteiger partial charge in [-0.05, 0) is 44.9 Å². The molecular weight excluding hydrogens is 408 g/mol. The van der Waals surface area contributed by atoms with Gasteiger partial charge < -0.3 is 29.5 Å². The second-order valence-corrected chi connectivity index (χ2v) is 8.62. The summed E-state index contributed by atoms with van der Waals surface area (Å²) in [6.07, 6.45) is 3.75. The summed E-state index contributed by atoms with van der Waals surface area (Å²) in [5.41, 5.74) is 1.94. The van der Waals surface area contributed by atoms with Crippen LogP contribution >= 0.6 is 0 Å². The highest BCUT2D eigenvalue weighted by Gasteiger charge is 2.28. The number of aliphatic hydroxyl groups is 1. The number of aromatic nitrogens is 2. The van der Waals surface area contributed by atoms with E-state index in [-0.39, 0.29) is 6.61 Å². The van der Waals surface area contributed by atoms with Crippen molar-refractivity contribution < 1.29 is 19.3 Å². The molecule has 1 aromatic carbocycles. The Hall–Kier alpha value is -2.42. The molecule has 1 aromatic heterocycles. The Labute approximate surface area is 189 Å². The molecule has 8 heteroatoms. The Morgan fingerprint density at radius 2 is 1.88 bits per heavy atom. The number of methoxy groups -OCH3 is 1. The van der Waals surface area contributed by atoms with Crippen LogP contribution < -0.4 is 19.7 Å². The number of anilines is 1. The van der Waals surface area contributed by atoms with Crippen LogP contribution in [0.2, 0.25) is 0 Å². The number of nitrogens with zero attached hydrogens (tertiary/aromatic N) is 3. The number of ether oxygens (including phenoxy) is 3. The Kier molecular flexibility index (Phi) is 7.44. The fraction of sp³-hybridized carbons (Fsp3) is 0.583. The van der Waals surface area contributed by atoms with Crippen molar-refractivity contribution in [3.8, 4) is 22.9 Å². The molecule has 2 N–H and O–H groups in total. The average Bonchev–Trinajstić information content (AvgIpc) is 3.68. The van der Waals surface area contributed by atoms with Gasteiger partial charge in [0.1, 0.15) is 30.0 Å². The predicted molar refractivity (Wildman–Crippen MR) is 124 cm³/mol. The van der Waals surface area contributed by atoms with Crippen LogP contribution in [0.4, 0.5) is 5.82 Å². The highest BCUT2D eigenvalue weighted by atomic mass is 16.5. The zero-order chi connectivity index (χ0) is 22.5. The number of rotatable bonds is 10. The first-order chi connectivity index (χ1) is 15.6. The second kappa shape index (κ2) is 10.5. The van der Waals surface area contributed by atoms with Crippen molar-refractivity contribution in [2.45, 2.75) is 43.7 Å². The first-order valence-electron chi connectivity index (χ1n) is 11.4. The fourth-order valence-electron chi connectivity index (χ4n) is 4.00. The number of hydrogen-bond acceptors (Lipinski definition) is 8. The summed E-state index contributed by atoms with van der Waals surface area (Å²) in [6.45, 7) is 2.23. The quantitative estimate of drug-likeness (QED) is 0.581. The molecule has 2 aromatic rings. The van der Waals surface area contributed by atoms with E-state index in [0.717, 1.165) is 43.1 Å². The molecule has 2 fully saturated rings. The monoisotopic (exact) mass is 442 g/mol. The molecule has 32 heavy (non-hydrogen) atoms. The van der Waals surface area contributed by atoms with E-state index in [2.05, 4.69) is 23.3 Å². The summed E-state index contributed by atoms with van der Waals surface area (Å²) in [5.74, 6) is 3.41. The number of aliphatic hydroxyl groups excluding tert-OH is 1. The molecule has 174 valence electrons. The number of benzene rings is 1. The van der Waals surface area contributed by atoms with Gasteiger partial charge in [-0.15, -0.1) is 0 Å². The normalized spacial score (nSPS) is 17.8. The highest BCUT2D eigenvalue weighted by molar-refractivity contribution is 5.63. The van der Waals surface area contributed by atoms with E-state index in [9.17, 15) is 5.11 Å². The van der Waals surface area contributed by atoms with Crippen LogP contribution in [-0.2, 0) is 4.74 Å². The van der Waals surface area contributed by atoms with Gasteiger partial charge in [-0.1, -0.05) is 0 Å². The third-order valence-corrected chi connectivity index (χ3v) is 6.08. The van der Waals surface area contributed by atoms with Crippen molar-refractivity contribution in [3.63, 3.8) is 0 Å². The molecule has 1 aliphatic carbocycles. The molecular formula is C24H34N4O4. The minimum atomic E-state index is -0.594. The predicted octanol–water partition coefficient (Wildman–Crippen LogP) is 2.60. The maximum Gasteiger partial charge on any atom is 0.162 e. The molecule has 1 saturated heterocycles. The van der Waals surface area contributed by atoms with Gasteiger partial charge in [0.15, 0.2) is 5.82 Å². The smallest absolute Gasteiger partial charge is 0.162 e. The molecule has 0 spiro atoms. The van der Waals surface area contributed by atoms with Gasteiger partial charge in [0, 0.05) is 62.2 Å². The lowest BCUT2D eigenvalue weighted by Gasteiger charge is -2.32. The van der Waals surface area contributed by atoms with E-state index in [0.29, 0.717) is 35.8 Å². The van der Waals surface area contributed by atoms with Gasteiger partial charge in [-0.3, -0.25) is 0 Å². The summed E-state index contributed by atoms with van der Waals surface area (Å²) < 4.78 is 16.9. The molecule has 2 heterocycles. The standard InChI is InChI=1S/C24H34N4O4/c1-25-14-19(29)15-32-21-11-17(10-20(12-21)30-3)24-26-22(16-4-5-16)13-23(27-24)28(2)18-6-8-31-9-7-18/h10-13,16,18-19,25,29H,4-9,14-15H2,1-3H3. The molecule has 0 bridgehead atoms. The molecule has 2 aliphatic rings. The molecule has 4 rings (SSSR count). The zero-order valence-electron chi connectivity index (χ0n) is 19.2. The lowest BCUT2D eigenvalue weighted by molar-refractivity contribution is 0.0853. The van der Waals surface area contributed by atoms with Crippen LogP contribution in [0.3, 0.4) is 0 Å². The molecule has 1 atom stereocenters. The average molecular weight is 443 g/mol. The topological polar surface area (TPSA) is 89.0 Å². The Bertz CT molecular complexity index is 900. The summed E-state index contributed by atoms with van der Waals surface area (Å²) in [5, 5.41) is 12.9. The lowest BCUT2D eigenvalue weighted by atomic mass is 10.1. The van der Waals surface area contributed by atoms with E-state index < -0.39 is 6.10 Å². The van der Waals surface area contributed by atoms with Crippen molar-refractivity contribution in [1.29, 1.82) is 0 Å². The lowest BCUT2D eigenvalue weighted by Crippen LogP contribution is -2.37. The van der Waals surface area contributed by atoms with Gasteiger partial charge in [-0.25, -0.2) is 9.97 Å². The summed E-state index contributed by atoms with van der Waals surface area (Å²) in [6, 6.07) is 8.22. The minimum Gasteiger partial charge on any atom is -0.497 e. The zero-order valence-corrected chi connectivity index (χ0v) is 19.2. The largest absolute Gasteiger partial charge is 0.497 e. The van der Waals surface area contributed by atoms with Crippen molar-refractivity contribution >= 4 is 5.82 Å². The van der Waals surface area contributed by atoms with Gasteiger partial charge in [0.05, 0.1) is 7.11 Å². The van der Waals surface area contributed by atoms with Gasteiger partial charge in [-0.2, -0.15) is 0 Å². The second-order valence-electron chi connectivity index (χ2n) is 8.62. The van der Waals surface area contributed by atoms with Gasteiger partial charge in [0.2, 0.25) is 0 Å². The molecule has 0 radical (unpaired) electrons. The van der Waals surface area contributed by atoms with Gasteiger partial charge in [0.25, 0.3) is 0 Å². The van der Waals surface area contributed by atoms with Crippen molar-refractivity contribution in [3.05, 3.63) is 30.0 Å².